The lowest BCUT2D eigenvalue weighted by molar-refractivity contribution is 0.0651. The van der Waals surface area contributed by atoms with Gasteiger partial charge in [-0.3, -0.25) is 9.59 Å². The first kappa shape index (κ1) is 24.8. The van der Waals surface area contributed by atoms with Gasteiger partial charge in [0.2, 0.25) is 0 Å². The van der Waals surface area contributed by atoms with Crippen molar-refractivity contribution in [3.8, 4) is 11.5 Å². The standard InChI is InChI=1S/C25H28N2O7/c1-5-7-26-21(28)13-9-17-19(11-14(13)22(29)27-8-6-2)34-20-12-16(24(32)33)15(23(30)31)10-18(20)25(17,3)4/h9-12H,5-8H2,1-4H3,(H,26,28)(H,27,29)(H,30,31)(H,32,33). The number of carbonyl (C=O) groups is 4. The van der Waals surface area contributed by atoms with Crippen molar-refractivity contribution >= 4 is 23.8 Å². The summed E-state index contributed by atoms with van der Waals surface area (Å²) in [5, 5.41) is 24.6. The van der Waals surface area contributed by atoms with Gasteiger partial charge in [0, 0.05) is 29.6 Å². The summed E-state index contributed by atoms with van der Waals surface area (Å²) in [6.07, 6.45) is 1.44. The molecule has 0 aromatic heterocycles. The molecule has 2 aromatic carbocycles. The summed E-state index contributed by atoms with van der Waals surface area (Å²) in [6.45, 7) is 8.35. The molecule has 2 amide bonds. The van der Waals surface area contributed by atoms with E-state index in [4.69, 9.17) is 4.74 Å². The lowest BCUT2D eigenvalue weighted by Crippen LogP contribution is -2.32. The van der Waals surface area contributed by atoms with Crippen LogP contribution >= 0.6 is 0 Å². The molecule has 0 atom stereocenters. The van der Waals surface area contributed by atoms with Gasteiger partial charge in [-0.05, 0) is 37.1 Å². The Morgan fingerprint density at radius 3 is 1.56 bits per heavy atom. The molecule has 0 unspecified atom stereocenters. The quantitative estimate of drug-likeness (QED) is 0.462. The number of carboxylic acid groups (broad SMARTS) is 2. The first-order valence-corrected chi connectivity index (χ1v) is 11.1. The number of nitrogens with one attached hydrogen (secondary N) is 2. The molecule has 0 saturated heterocycles. The number of aromatic carboxylic acids is 2. The van der Waals surface area contributed by atoms with E-state index in [-0.39, 0.29) is 22.4 Å². The average molecular weight is 469 g/mol. The third kappa shape index (κ3) is 4.46. The van der Waals surface area contributed by atoms with E-state index in [0.29, 0.717) is 30.0 Å². The van der Waals surface area contributed by atoms with Gasteiger partial charge in [-0.1, -0.05) is 27.7 Å². The Morgan fingerprint density at radius 1 is 0.735 bits per heavy atom. The van der Waals surface area contributed by atoms with Crippen LogP contribution in [0.1, 0.15) is 93.1 Å². The van der Waals surface area contributed by atoms with Crippen molar-refractivity contribution in [1.82, 2.24) is 10.6 Å². The highest BCUT2D eigenvalue weighted by atomic mass is 16.5. The van der Waals surface area contributed by atoms with Gasteiger partial charge in [-0.25, -0.2) is 9.59 Å². The number of carbonyl (C=O) groups excluding carboxylic acids is 2. The largest absolute Gasteiger partial charge is 0.478 e. The van der Waals surface area contributed by atoms with Gasteiger partial charge >= 0.3 is 11.9 Å². The first-order valence-electron chi connectivity index (χ1n) is 11.1. The minimum Gasteiger partial charge on any atom is -0.478 e. The number of ether oxygens (including phenoxy) is 1. The molecule has 0 aliphatic carbocycles. The van der Waals surface area contributed by atoms with Crippen LogP contribution in [0.5, 0.6) is 11.5 Å². The van der Waals surface area contributed by atoms with Crippen LogP contribution in [0.25, 0.3) is 0 Å². The molecule has 4 N–H and O–H groups in total. The van der Waals surface area contributed by atoms with Gasteiger partial charge in [0.25, 0.3) is 11.8 Å². The Morgan fingerprint density at radius 2 is 1.12 bits per heavy atom. The fraction of sp³-hybridized carbons (Fsp3) is 0.360. The molecule has 180 valence electrons. The second kappa shape index (κ2) is 9.54. The van der Waals surface area contributed by atoms with Crippen LogP contribution in [0, 0.1) is 0 Å². The highest BCUT2D eigenvalue weighted by Crippen LogP contribution is 2.49. The minimum atomic E-state index is -1.39. The third-order valence-electron chi connectivity index (χ3n) is 5.83. The van der Waals surface area contributed by atoms with Crippen LogP contribution in [-0.2, 0) is 5.41 Å². The van der Waals surface area contributed by atoms with Crippen LogP contribution in [0.2, 0.25) is 0 Å². The lowest BCUT2D eigenvalue weighted by atomic mass is 9.74. The number of rotatable bonds is 8. The average Bonchev–Trinajstić information content (AvgIpc) is 2.79. The molecule has 1 aliphatic rings. The van der Waals surface area contributed by atoms with Gasteiger partial charge in [0.05, 0.1) is 22.3 Å². The molecule has 1 heterocycles. The Balaban J connectivity index is 2.22. The van der Waals surface area contributed by atoms with Crippen molar-refractivity contribution in [3.63, 3.8) is 0 Å². The van der Waals surface area contributed by atoms with E-state index in [1.54, 1.807) is 6.07 Å². The third-order valence-corrected chi connectivity index (χ3v) is 5.83. The van der Waals surface area contributed by atoms with Crippen LogP contribution in [-0.4, -0.2) is 47.1 Å². The normalized spacial score (nSPS) is 13.2. The van der Waals surface area contributed by atoms with Crippen LogP contribution in [0.3, 0.4) is 0 Å². The van der Waals surface area contributed by atoms with Crippen LogP contribution in [0.4, 0.5) is 0 Å². The van der Waals surface area contributed by atoms with Crippen molar-refractivity contribution in [3.05, 3.63) is 57.6 Å². The summed E-state index contributed by atoms with van der Waals surface area (Å²) in [7, 11) is 0. The molecule has 34 heavy (non-hydrogen) atoms. The number of fused-ring (bicyclic) bond motifs is 2. The van der Waals surface area contributed by atoms with E-state index in [2.05, 4.69) is 10.6 Å². The Kier molecular flexibility index (Phi) is 6.95. The lowest BCUT2D eigenvalue weighted by Gasteiger charge is -2.35. The molecule has 3 rings (SSSR count). The molecule has 0 bridgehead atoms. The molecule has 0 saturated carbocycles. The van der Waals surface area contributed by atoms with E-state index in [1.165, 1.54) is 18.2 Å². The van der Waals surface area contributed by atoms with Crippen LogP contribution in [0.15, 0.2) is 24.3 Å². The minimum absolute atomic E-state index is 0.140. The summed E-state index contributed by atoms with van der Waals surface area (Å²) < 4.78 is 5.98. The maximum absolute atomic E-state index is 12.9. The van der Waals surface area contributed by atoms with Gasteiger partial charge in [-0.2, -0.15) is 0 Å². The number of amides is 2. The fourth-order valence-electron chi connectivity index (χ4n) is 3.97. The molecular formula is C25H28N2O7. The van der Waals surface area contributed by atoms with Gasteiger partial charge in [0.1, 0.15) is 11.5 Å². The number of hydrogen-bond acceptors (Lipinski definition) is 5. The van der Waals surface area contributed by atoms with E-state index in [0.717, 1.165) is 12.8 Å². The zero-order chi connectivity index (χ0) is 25.2. The second-order valence-electron chi connectivity index (χ2n) is 8.64. The molecule has 9 nitrogen and oxygen atoms in total. The second-order valence-corrected chi connectivity index (χ2v) is 8.64. The topological polar surface area (TPSA) is 142 Å². The summed E-state index contributed by atoms with van der Waals surface area (Å²) in [6, 6.07) is 5.56. The Labute approximate surface area is 197 Å². The molecule has 0 fully saturated rings. The van der Waals surface area contributed by atoms with Crippen molar-refractivity contribution in [2.24, 2.45) is 0 Å². The zero-order valence-corrected chi connectivity index (χ0v) is 19.6. The summed E-state index contributed by atoms with van der Waals surface area (Å²) >= 11 is 0. The predicted molar refractivity (Wildman–Crippen MR) is 124 cm³/mol. The molecular weight excluding hydrogens is 440 g/mol. The van der Waals surface area contributed by atoms with Crippen molar-refractivity contribution < 1.29 is 34.1 Å². The van der Waals surface area contributed by atoms with Gasteiger partial charge in [0.15, 0.2) is 0 Å². The van der Waals surface area contributed by atoms with E-state index in [1.807, 2.05) is 27.7 Å². The smallest absolute Gasteiger partial charge is 0.336 e. The van der Waals surface area contributed by atoms with Gasteiger partial charge in [-0.15, -0.1) is 0 Å². The highest BCUT2D eigenvalue weighted by molar-refractivity contribution is 6.08. The number of benzene rings is 2. The maximum Gasteiger partial charge on any atom is 0.336 e. The number of carboxylic acids is 2. The maximum atomic E-state index is 12.9. The van der Waals surface area contributed by atoms with Crippen molar-refractivity contribution in [2.45, 2.75) is 46.0 Å². The van der Waals surface area contributed by atoms with Gasteiger partial charge < -0.3 is 25.6 Å². The monoisotopic (exact) mass is 468 g/mol. The van der Waals surface area contributed by atoms with E-state index >= 15 is 0 Å². The van der Waals surface area contributed by atoms with E-state index in [9.17, 15) is 29.4 Å². The Hall–Kier alpha value is -3.88. The first-order chi connectivity index (χ1) is 16.0. The predicted octanol–water partition coefficient (Wildman–Crippen LogP) is 3.79. The molecule has 9 heteroatoms. The summed E-state index contributed by atoms with van der Waals surface area (Å²) in [5.41, 5.74) is -0.242. The fourth-order valence-corrected chi connectivity index (χ4v) is 3.97. The molecule has 1 aliphatic heterocycles. The molecule has 2 aromatic rings. The number of hydrogen-bond donors (Lipinski definition) is 4. The molecule has 0 radical (unpaired) electrons. The summed E-state index contributed by atoms with van der Waals surface area (Å²) in [4.78, 5) is 49.2. The highest BCUT2D eigenvalue weighted by Gasteiger charge is 2.38. The van der Waals surface area contributed by atoms with Crippen LogP contribution < -0.4 is 15.4 Å². The SMILES string of the molecule is CCCNC(=O)c1cc2c(cc1C(=O)NCCC)C(C)(C)c1cc(C(=O)O)c(C(=O)O)cc1O2. The zero-order valence-electron chi connectivity index (χ0n) is 19.6. The molecule has 0 spiro atoms. The van der Waals surface area contributed by atoms with E-state index < -0.39 is 34.7 Å². The summed E-state index contributed by atoms with van der Waals surface area (Å²) in [5.74, 6) is -3.11. The Bertz CT molecular complexity index is 1180. The van der Waals surface area contributed by atoms with Crippen molar-refractivity contribution in [2.75, 3.05) is 13.1 Å². The van der Waals surface area contributed by atoms with Crippen molar-refractivity contribution in [1.29, 1.82) is 0 Å².